The minimum Gasteiger partial charge on any atom is -0.487 e. The lowest BCUT2D eigenvalue weighted by Gasteiger charge is -1.86. The fourth-order valence-electron chi connectivity index (χ4n) is 0.468. The Bertz CT molecular complexity index is 173. The van der Waals surface area contributed by atoms with E-state index in [9.17, 15) is 0 Å². The van der Waals surface area contributed by atoms with Crippen molar-refractivity contribution in [2.45, 2.75) is 0 Å². The summed E-state index contributed by atoms with van der Waals surface area (Å²) in [6, 6.07) is 3.84. The van der Waals surface area contributed by atoms with E-state index in [-0.39, 0.29) is 0 Å². The van der Waals surface area contributed by atoms with E-state index in [0.29, 0.717) is 0 Å². The lowest BCUT2D eigenvalue weighted by atomic mass is 10.6. The summed E-state index contributed by atoms with van der Waals surface area (Å²) in [5, 5.41) is 1.97. The summed E-state index contributed by atoms with van der Waals surface area (Å²) in [6.07, 6.45) is 0. The van der Waals surface area contributed by atoms with Gasteiger partial charge in [0.2, 0.25) is 0 Å². The zero-order chi connectivity index (χ0) is 5.98. The third-order valence-corrected chi connectivity index (χ3v) is 1.74. The molecule has 0 unspecified atom stereocenters. The van der Waals surface area contributed by atoms with Crippen molar-refractivity contribution in [3.8, 4) is 5.06 Å². The van der Waals surface area contributed by atoms with Crippen LogP contribution in [-0.2, 0) is 0 Å². The monoisotopic (exact) mass is 130 g/mol. The topological polar surface area (TPSA) is 36.9 Å². The first kappa shape index (κ1) is 5.59. The van der Waals surface area contributed by atoms with Gasteiger partial charge in [-0.25, -0.2) is 0 Å². The van der Waals surface area contributed by atoms with E-state index >= 15 is 0 Å². The van der Waals surface area contributed by atoms with Gasteiger partial charge in [-0.05, 0) is 17.4 Å². The van der Waals surface area contributed by atoms with Gasteiger partial charge in [0, 0.05) is 6.07 Å². The highest BCUT2D eigenvalue weighted by atomic mass is 32.1. The zero-order valence-corrected chi connectivity index (χ0v) is 5.49. The molecule has 2 nitrogen and oxygen atoms in total. The van der Waals surface area contributed by atoms with Crippen molar-refractivity contribution in [2.75, 3.05) is 7.11 Å². The molecular formula is C5H8NOS+. The van der Waals surface area contributed by atoms with Crippen LogP contribution in [0.2, 0.25) is 0 Å². The highest BCUT2D eigenvalue weighted by molar-refractivity contribution is 7.16. The summed E-state index contributed by atoms with van der Waals surface area (Å²) in [5.41, 5.74) is 3.73. The lowest BCUT2D eigenvalue weighted by molar-refractivity contribution is -0.248. The SMILES string of the molecule is COc1ccc([NH3+])s1. The lowest BCUT2D eigenvalue weighted by Crippen LogP contribution is -2.38. The Morgan fingerprint density at radius 2 is 2.38 bits per heavy atom. The first-order valence-corrected chi connectivity index (χ1v) is 3.10. The Morgan fingerprint density at radius 1 is 1.62 bits per heavy atom. The maximum absolute atomic E-state index is 4.91. The van der Waals surface area contributed by atoms with Crippen molar-refractivity contribution >= 4 is 16.3 Å². The van der Waals surface area contributed by atoms with Gasteiger partial charge in [0.15, 0.2) is 10.1 Å². The molecular weight excluding hydrogens is 122 g/mol. The van der Waals surface area contributed by atoms with Crippen molar-refractivity contribution in [3.05, 3.63) is 12.1 Å². The van der Waals surface area contributed by atoms with Crippen molar-refractivity contribution in [1.29, 1.82) is 0 Å². The van der Waals surface area contributed by atoms with Crippen LogP contribution in [0.5, 0.6) is 5.06 Å². The Labute approximate surface area is 51.9 Å². The van der Waals surface area contributed by atoms with Crippen LogP contribution >= 0.6 is 11.3 Å². The molecule has 0 atom stereocenters. The molecule has 8 heavy (non-hydrogen) atoms. The summed E-state index contributed by atoms with van der Waals surface area (Å²) in [7, 11) is 1.66. The minimum absolute atomic E-state index is 0.926. The Morgan fingerprint density at radius 3 is 2.62 bits per heavy atom. The first-order chi connectivity index (χ1) is 3.83. The molecule has 3 heteroatoms. The van der Waals surface area contributed by atoms with E-state index in [1.54, 1.807) is 18.4 Å². The predicted octanol–water partition coefficient (Wildman–Crippen LogP) is 0.630. The summed E-state index contributed by atoms with van der Waals surface area (Å²) < 4.78 is 4.91. The number of quaternary nitrogens is 1. The van der Waals surface area contributed by atoms with Crippen LogP contribution in [0, 0.1) is 0 Å². The van der Waals surface area contributed by atoms with Crippen molar-refractivity contribution in [2.24, 2.45) is 0 Å². The molecule has 0 amide bonds. The molecule has 0 aliphatic rings. The predicted molar refractivity (Wildman–Crippen MR) is 33.4 cm³/mol. The van der Waals surface area contributed by atoms with Gasteiger partial charge in [0.05, 0.1) is 7.11 Å². The van der Waals surface area contributed by atoms with E-state index in [2.05, 4.69) is 5.73 Å². The zero-order valence-electron chi connectivity index (χ0n) is 4.68. The maximum atomic E-state index is 4.91. The van der Waals surface area contributed by atoms with E-state index in [1.165, 1.54) is 0 Å². The molecule has 0 radical (unpaired) electrons. The smallest absolute Gasteiger partial charge is 0.186 e. The molecule has 0 fully saturated rings. The fourth-order valence-corrected chi connectivity index (χ4v) is 1.08. The second-order valence-corrected chi connectivity index (χ2v) is 2.56. The van der Waals surface area contributed by atoms with Gasteiger partial charge >= 0.3 is 0 Å². The maximum Gasteiger partial charge on any atom is 0.186 e. The molecule has 3 N–H and O–H groups in total. The average Bonchev–Trinajstić information content (AvgIpc) is 2.14. The highest BCUT2D eigenvalue weighted by Crippen LogP contribution is 2.23. The van der Waals surface area contributed by atoms with Gasteiger partial charge in [-0.2, -0.15) is 0 Å². The second kappa shape index (κ2) is 2.15. The number of rotatable bonds is 1. The van der Waals surface area contributed by atoms with Gasteiger partial charge in [0.25, 0.3) is 0 Å². The Balaban J connectivity index is 2.84. The number of thiophene rings is 1. The number of methoxy groups -OCH3 is 1. The van der Waals surface area contributed by atoms with Crippen LogP contribution in [0.1, 0.15) is 0 Å². The largest absolute Gasteiger partial charge is 0.487 e. The normalized spacial score (nSPS) is 9.25. The number of hydrogen-bond acceptors (Lipinski definition) is 2. The van der Waals surface area contributed by atoms with Crippen LogP contribution in [0.15, 0.2) is 12.1 Å². The van der Waals surface area contributed by atoms with E-state index < -0.39 is 0 Å². The van der Waals surface area contributed by atoms with E-state index in [0.717, 1.165) is 10.1 Å². The molecule has 1 rings (SSSR count). The second-order valence-electron chi connectivity index (χ2n) is 1.42. The Hall–Kier alpha value is -0.540. The minimum atomic E-state index is 0.926. The quantitative estimate of drug-likeness (QED) is 0.594. The number of hydrogen-bond donors (Lipinski definition) is 1. The van der Waals surface area contributed by atoms with Crippen LogP contribution in [-0.4, -0.2) is 7.11 Å². The summed E-state index contributed by atoms with van der Waals surface area (Å²) >= 11 is 1.55. The highest BCUT2D eigenvalue weighted by Gasteiger charge is 1.94. The Kier molecular flexibility index (Phi) is 1.50. The number of ether oxygens (including phenoxy) is 1. The molecule has 1 aromatic heterocycles. The van der Waals surface area contributed by atoms with Gasteiger partial charge in [0.1, 0.15) is 0 Å². The molecule has 0 saturated heterocycles. The molecule has 0 aliphatic heterocycles. The molecule has 1 aromatic rings. The molecule has 44 valence electrons. The van der Waals surface area contributed by atoms with Crippen LogP contribution < -0.4 is 10.5 Å². The van der Waals surface area contributed by atoms with E-state index in [4.69, 9.17) is 4.74 Å². The van der Waals surface area contributed by atoms with Gasteiger partial charge in [-0.15, -0.1) is 0 Å². The molecule has 0 aromatic carbocycles. The molecule has 0 aliphatic carbocycles. The van der Waals surface area contributed by atoms with Crippen molar-refractivity contribution < 1.29 is 10.5 Å². The third-order valence-electron chi connectivity index (χ3n) is 0.838. The molecule has 0 bridgehead atoms. The van der Waals surface area contributed by atoms with Crippen LogP contribution in [0.3, 0.4) is 0 Å². The third kappa shape index (κ3) is 0.993. The molecule has 0 saturated carbocycles. The summed E-state index contributed by atoms with van der Waals surface area (Å²) in [5.74, 6) is 0. The van der Waals surface area contributed by atoms with Crippen molar-refractivity contribution in [1.82, 2.24) is 0 Å². The first-order valence-electron chi connectivity index (χ1n) is 2.28. The van der Waals surface area contributed by atoms with Gasteiger partial charge in [-0.3, -0.25) is 0 Å². The van der Waals surface area contributed by atoms with Gasteiger partial charge < -0.3 is 10.5 Å². The molecule has 0 spiro atoms. The fraction of sp³-hybridized carbons (Fsp3) is 0.200. The van der Waals surface area contributed by atoms with Gasteiger partial charge in [-0.1, -0.05) is 0 Å². The summed E-state index contributed by atoms with van der Waals surface area (Å²) in [6.45, 7) is 0. The van der Waals surface area contributed by atoms with Crippen molar-refractivity contribution in [3.63, 3.8) is 0 Å². The standard InChI is InChI=1S/C5H7NOS/c1-7-5-3-2-4(6)8-5/h2-3H,6H2,1H3/p+1. The van der Waals surface area contributed by atoms with Crippen LogP contribution in [0.4, 0.5) is 5.00 Å². The van der Waals surface area contributed by atoms with Crippen LogP contribution in [0.25, 0.3) is 0 Å². The molecule has 1 heterocycles. The van der Waals surface area contributed by atoms with E-state index in [1.807, 2.05) is 12.1 Å². The average molecular weight is 130 g/mol. The summed E-state index contributed by atoms with van der Waals surface area (Å²) in [4.78, 5) is 0.